The maximum atomic E-state index is 14.9. The van der Waals surface area contributed by atoms with Crippen LogP contribution in [-0.2, 0) is 65.5 Å². The summed E-state index contributed by atoms with van der Waals surface area (Å²) >= 11 is 1.54. The van der Waals surface area contributed by atoms with Crippen LogP contribution >= 0.6 is 11.3 Å². The van der Waals surface area contributed by atoms with Gasteiger partial charge in [0.05, 0.1) is 54.4 Å². The Morgan fingerprint density at radius 2 is 1.48 bits per heavy atom. The first-order valence-corrected chi connectivity index (χ1v) is 33.7. The highest BCUT2D eigenvalue weighted by atomic mass is 32.1. The van der Waals surface area contributed by atoms with E-state index >= 15 is 0 Å². The minimum atomic E-state index is -0.949. The van der Waals surface area contributed by atoms with Crippen molar-refractivity contribution >= 4 is 70.1 Å². The molecule has 7 N–H and O–H groups in total. The molecule has 4 rings (SSSR count). The number of nitrogens with one attached hydrogen (secondary N) is 3. The van der Waals surface area contributed by atoms with Crippen molar-refractivity contribution in [1.29, 1.82) is 0 Å². The van der Waals surface area contributed by atoms with Crippen LogP contribution in [0, 0.1) is 41.4 Å². The third-order valence-corrected chi connectivity index (χ3v) is 18.8. The quantitative estimate of drug-likeness (QED) is 0.0331. The lowest BCUT2D eigenvalue weighted by molar-refractivity contribution is -0.149. The molecular weight excluding hydrogens is 1190 g/mol. The van der Waals surface area contributed by atoms with Crippen LogP contribution in [0.5, 0.6) is 0 Å². The van der Waals surface area contributed by atoms with E-state index in [1.807, 2.05) is 76.9 Å². The number of ether oxygens (including phenoxy) is 4. The number of thiazole rings is 1. The van der Waals surface area contributed by atoms with Gasteiger partial charge in [0.25, 0.3) is 0 Å². The highest BCUT2D eigenvalue weighted by Crippen LogP contribution is 2.34. The number of nitrogens with two attached hydrogens (primary N) is 2. The predicted octanol–water partition coefficient (Wildman–Crippen LogP) is 8.73. The number of urea groups is 1. The van der Waals surface area contributed by atoms with E-state index in [1.54, 1.807) is 70.5 Å². The molecule has 0 spiro atoms. The third-order valence-electron chi connectivity index (χ3n) is 17.9. The average Bonchev–Trinajstić information content (AvgIpc) is 1.35. The molecule has 23 heteroatoms. The van der Waals surface area contributed by atoms with Crippen molar-refractivity contribution in [1.82, 2.24) is 30.3 Å². The molecule has 1 saturated heterocycles. The fraction of sp³-hybridized carbons (Fsp3) is 0.652. The molecule has 1 aromatic heterocycles. The SMILES string of the molecule is CC[C@H](C)[C@@H]([C@@H](CC(=O)N1CCC[C@H]1[C@H](OC)[C@@H](C)C(=O)C[C@@H](Cc1ccccc1)c1nccs1)OC)N(C)C(=O)[C@@H](CC(=O)[C@H](C(C)C)N(C)C(=O)OCc1ccc(NC(=O)[C@H](CCCNC(N)=O)CC(=O)[C@@H](NC(=O)CCOCCCN)C(C)C)cc1)C(C)C. The van der Waals surface area contributed by atoms with Crippen LogP contribution in [0.2, 0.25) is 0 Å². The van der Waals surface area contributed by atoms with Crippen molar-refractivity contribution in [2.24, 2.45) is 52.9 Å². The number of likely N-dealkylation sites (tertiary alicyclic amines) is 1. The van der Waals surface area contributed by atoms with Crippen molar-refractivity contribution in [3.05, 3.63) is 82.3 Å². The van der Waals surface area contributed by atoms with Gasteiger partial charge in [-0.05, 0) is 92.0 Å². The third kappa shape index (κ3) is 24.0. The van der Waals surface area contributed by atoms with E-state index in [4.69, 9.17) is 30.4 Å². The molecule has 3 aromatic rings. The summed E-state index contributed by atoms with van der Waals surface area (Å²) in [6, 6.07) is 13.2. The van der Waals surface area contributed by atoms with Gasteiger partial charge in [0.15, 0.2) is 11.6 Å². The Bertz CT molecular complexity index is 2790. The van der Waals surface area contributed by atoms with Gasteiger partial charge in [0, 0.05) is 115 Å². The van der Waals surface area contributed by atoms with Gasteiger partial charge in [0.2, 0.25) is 23.6 Å². The lowest BCUT2D eigenvalue weighted by Crippen LogP contribution is -2.54. The molecule has 7 amide bonds. The van der Waals surface area contributed by atoms with Crippen LogP contribution in [0.25, 0.3) is 0 Å². The predicted molar refractivity (Wildman–Crippen MR) is 356 cm³/mol. The van der Waals surface area contributed by atoms with Crippen LogP contribution in [-0.4, -0.2) is 170 Å². The zero-order valence-corrected chi connectivity index (χ0v) is 57.6. The molecule has 1 aliphatic rings. The lowest BCUT2D eigenvalue weighted by Gasteiger charge is -2.41. The Kier molecular flexibility index (Phi) is 33.6. The number of anilines is 1. The second-order valence-electron chi connectivity index (χ2n) is 25.7. The maximum Gasteiger partial charge on any atom is 0.410 e. The monoisotopic (exact) mass is 1300 g/mol. The summed E-state index contributed by atoms with van der Waals surface area (Å²) < 4.78 is 23.5. The molecule has 22 nitrogen and oxygen atoms in total. The van der Waals surface area contributed by atoms with Gasteiger partial charge in [0.1, 0.15) is 12.4 Å². The maximum absolute atomic E-state index is 14.9. The van der Waals surface area contributed by atoms with Crippen molar-refractivity contribution in [2.45, 2.75) is 188 Å². The number of rotatable bonds is 42. The number of hydrogen-bond acceptors (Lipinski definition) is 16. The normalized spacial score (nSPS) is 16.5. The fourth-order valence-electron chi connectivity index (χ4n) is 12.5. The minimum Gasteiger partial charge on any atom is -0.445 e. The Morgan fingerprint density at radius 1 is 0.783 bits per heavy atom. The number of nitrogens with zero attached hydrogens (tertiary/aromatic N) is 4. The number of hydrogen-bond donors (Lipinski definition) is 5. The standard InChI is InChI=1S/C69H107N9O13S/c1-14-46(8)63(58(88-12)41-60(83)78-33-19-24-54(78)64(89-13)47(9)55(79)39-51(66-72-32-36-92-66)37-48-21-16-15-17-22-48)76(10)67(85)53(43(2)3)40-57(81)62(45(6)7)77(11)69(87)91-42-49-25-27-52(28-26-49)74-65(84)50(23-18-31-73-68(71)86)38-56(80)61(44(4)5)75-59(82)29-35-90-34-20-30-70/h15-17,21-22,25-28,32,36,43-47,50-51,53-54,58,61-64H,14,18-20,23-24,29-31,33-35,37-42,70H2,1-13H3,(H,74,84)(H,75,82)(H3,71,73,86)/t46-,47-,50+,51+,53-,54-,58+,61-,62-,63-,64+/m0/s1. The largest absolute Gasteiger partial charge is 0.445 e. The Labute approximate surface area is 550 Å². The van der Waals surface area contributed by atoms with Crippen molar-refractivity contribution < 1.29 is 62.1 Å². The highest BCUT2D eigenvalue weighted by Gasteiger charge is 2.44. The van der Waals surface area contributed by atoms with Crippen LogP contribution in [0.3, 0.4) is 0 Å². The van der Waals surface area contributed by atoms with E-state index in [0.29, 0.717) is 63.1 Å². The van der Waals surface area contributed by atoms with E-state index in [2.05, 4.69) is 33.1 Å². The Balaban J connectivity index is 1.40. The van der Waals surface area contributed by atoms with Gasteiger partial charge < -0.3 is 61.1 Å². The second kappa shape index (κ2) is 39.8. The number of likely N-dealkylation sites (N-methyl/N-ethyl adjacent to an activating group) is 2. The van der Waals surface area contributed by atoms with E-state index in [1.165, 1.54) is 23.3 Å². The molecule has 0 unspecified atom stereocenters. The van der Waals surface area contributed by atoms with Crippen LogP contribution in [0.15, 0.2) is 66.2 Å². The van der Waals surface area contributed by atoms with E-state index in [9.17, 15) is 43.2 Å². The summed E-state index contributed by atoms with van der Waals surface area (Å²) in [5.74, 6) is -5.13. The molecule has 0 aliphatic carbocycles. The number of methoxy groups -OCH3 is 2. The summed E-state index contributed by atoms with van der Waals surface area (Å²) in [7, 11) is 6.34. The number of amides is 7. The molecule has 1 aliphatic heterocycles. The van der Waals surface area contributed by atoms with Gasteiger partial charge in [-0.25, -0.2) is 14.6 Å². The summed E-state index contributed by atoms with van der Waals surface area (Å²) in [5, 5.41) is 11.0. The molecule has 0 saturated carbocycles. The summed E-state index contributed by atoms with van der Waals surface area (Å²) in [6.45, 7) is 18.5. The van der Waals surface area contributed by atoms with Crippen molar-refractivity contribution in [3.63, 3.8) is 0 Å². The number of aromatic nitrogens is 1. The molecule has 11 atom stereocenters. The summed E-state index contributed by atoms with van der Waals surface area (Å²) in [5.41, 5.74) is 12.9. The molecule has 0 bridgehead atoms. The van der Waals surface area contributed by atoms with Crippen LogP contribution < -0.4 is 27.4 Å². The van der Waals surface area contributed by atoms with Gasteiger partial charge >= 0.3 is 12.1 Å². The van der Waals surface area contributed by atoms with E-state index < -0.39 is 66.1 Å². The van der Waals surface area contributed by atoms with E-state index in [-0.39, 0.29) is 129 Å². The lowest BCUT2D eigenvalue weighted by atomic mass is 9.83. The Morgan fingerprint density at radius 3 is 2.07 bits per heavy atom. The first kappa shape index (κ1) is 77.8. The highest BCUT2D eigenvalue weighted by molar-refractivity contribution is 7.09. The van der Waals surface area contributed by atoms with Crippen molar-refractivity contribution in [3.8, 4) is 0 Å². The topological polar surface area (TPSA) is 301 Å². The number of carbonyl (C=O) groups is 9. The molecule has 2 heterocycles. The smallest absolute Gasteiger partial charge is 0.410 e. The van der Waals surface area contributed by atoms with Crippen LogP contribution in [0.1, 0.15) is 155 Å². The number of primary amides is 1. The van der Waals surface area contributed by atoms with Gasteiger partial charge in [-0.1, -0.05) is 111 Å². The molecule has 2 aromatic carbocycles. The first-order valence-electron chi connectivity index (χ1n) is 32.8. The molecule has 92 heavy (non-hydrogen) atoms. The van der Waals surface area contributed by atoms with Crippen LogP contribution in [0.4, 0.5) is 15.3 Å². The molecule has 512 valence electrons. The Hall–Kier alpha value is -6.66. The first-order chi connectivity index (χ1) is 43.8. The number of ketones is 3. The van der Waals surface area contributed by atoms with E-state index in [0.717, 1.165) is 17.0 Å². The molecule has 0 radical (unpaired) electrons. The second-order valence-corrected chi connectivity index (χ2v) is 26.6. The average molecular weight is 1300 g/mol. The zero-order chi connectivity index (χ0) is 68.2. The fourth-order valence-corrected chi connectivity index (χ4v) is 13.2. The number of benzene rings is 2. The van der Waals surface area contributed by atoms with Gasteiger partial charge in [-0.15, -0.1) is 11.3 Å². The molecular formula is C69H107N9O13S. The number of carbonyl (C=O) groups excluding carboxylic acids is 9. The van der Waals surface area contributed by atoms with Crippen molar-refractivity contribution in [2.75, 3.05) is 66.5 Å². The summed E-state index contributed by atoms with van der Waals surface area (Å²) in [4.78, 5) is 133. The minimum absolute atomic E-state index is 0.0305. The number of Topliss-reactive ketones (excluding diaryl/α,β-unsaturated/α-hetero) is 3. The summed E-state index contributed by atoms with van der Waals surface area (Å²) in [6.07, 6.45) is 3.65. The molecule has 1 fully saturated rings. The van der Waals surface area contributed by atoms with Gasteiger partial charge in [-0.3, -0.25) is 33.6 Å². The zero-order valence-electron chi connectivity index (χ0n) is 56.8. The van der Waals surface area contributed by atoms with Gasteiger partial charge in [-0.2, -0.15) is 0 Å².